The number of hydrogen-bond acceptors (Lipinski definition) is 4. The van der Waals surface area contributed by atoms with E-state index in [1.54, 1.807) is 4.90 Å². The highest BCUT2D eigenvalue weighted by molar-refractivity contribution is 7.91. The van der Waals surface area contributed by atoms with Gasteiger partial charge in [0.2, 0.25) is 5.91 Å². The molecule has 1 fully saturated rings. The number of aliphatic carboxylic acids is 1. The van der Waals surface area contributed by atoms with Gasteiger partial charge in [-0.05, 0) is 25.7 Å². The fraction of sp³-hybridized carbons (Fsp3) is 0.846. The van der Waals surface area contributed by atoms with E-state index < -0.39 is 15.8 Å². The van der Waals surface area contributed by atoms with Crippen LogP contribution in [0.5, 0.6) is 0 Å². The lowest BCUT2D eigenvalue weighted by Gasteiger charge is -2.28. The molecule has 1 rings (SSSR count). The van der Waals surface area contributed by atoms with E-state index in [4.69, 9.17) is 5.11 Å². The first-order chi connectivity index (χ1) is 9.35. The Bertz CT molecular complexity index is 446. The van der Waals surface area contributed by atoms with Crippen LogP contribution in [0.1, 0.15) is 45.4 Å². The monoisotopic (exact) mass is 305 g/mol. The first-order valence-corrected chi connectivity index (χ1v) is 8.89. The molecule has 0 aromatic carbocycles. The second-order valence-electron chi connectivity index (χ2n) is 5.24. The normalized spacial score (nSPS) is 20.8. The first-order valence-electron chi connectivity index (χ1n) is 7.07. The van der Waals surface area contributed by atoms with Gasteiger partial charge in [-0.3, -0.25) is 9.59 Å². The largest absolute Gasteiger partial charge is 0.481 e. The van der Waals surface area contributed by atoms with E-state index in [0.717, 1.165) is 6.42 Å². The average molecular weight is 305 g/mol. The van der Waals surface area contributed by atoms with Gasteiger partial charge in [-0.25, -0.2) is 8.42 Å². The van der Waals surface area contributed by atoms with E-state index >= 15 is 0 Å². The number of amides is 1. The van der Waals surface area contributed by atoms with Crippen molar-refractivity contribution >= 4 is 21.7 Å². The van der Waals surface area contributed by atoms with Crippen LogP contribution >= 0.6 is 0 Å². The Morgan fingerprint density at radius 2 is 1.90 bits per heavy atom. The van der Waals surface area contributed by atoms with E-state index in [-0.39, 0.29) is 29.9 Å². The van der Waals surface area contributed by atoms with Gasteiger partial charge in [-0.15, -0.1) is 0 Å². The number of unbranched alkanes of at least 4 members (excludes halogenated alkanes) is 1. The van der Waals surface area contributed by atoms with Crippen LogP contribution in [-0.4, -0.2) is 54.4 Å². The SMILES string of the molecule is CCCN(C(=O)CCCCC(=O)O)C1CCS(=O)(=O)C1. The van der Waals surface area contributed by atoms with Crippen molar-refractivity contribution in [3.63, 3.8) is 0 Å². The Labute approximate surface area is 120 Å². The molecular weight excluding hydrogens is 282 g/mol. The molecule has 1 aliphatic rings. The van der Waals surface area contributed by atoms with Gasteiger partial charge in [-0.1, -0.05) is 6.92 Å². The Morgan fingerprint density at radius 1 is 1.25 bits per heavy atom. The van der Waals surface area contributed by atoms with Crippen LogP contribution in [0.25, 0.3) is 0 Å². The lowest BCUT2D eigenvalue weighted by atomic mass is 10.1. The zero-order valence-electron chi connectivity index (χ0n) is 11.9. The maximum atomic E-state index is 12.2. The van der Waals surface area contributed by atoms with Crippen molar-refractivity contribution in [1.82, 2.24) is 4.90 Å². The van der Waals surface area contributed by atoms with Crippen LogP contribution in [0.2, 0.25) is 0 Å². The number of rotatable bonds is 8. The Hall–Kier alpha value is -1.11. The van der Waals surface area contributed by atoms with E-state index in [1.807, 2.05) is 6.92 Å². The highest BCUT2D eigenvalue weighted by Crippen LogP contribution is 2.19. The minimum absolute atomic E-state index is 0.0562. The van der Waals surface area contributed by atoms with Crippen LogP contribution in [0.4, 0.5) is 0 Å². The van der Waals surface area contributed by atoms with E-state index in [0.29, 0.717) is 32.2 Å². The number of carbonyl (C=O) groups is 2. The highest BCUT2D eigenvalue weighted by Gasteiger charge is 2.33. The smallest absolute Gasteiger partial charge is 0.303 e. The zero-order chi connectivity index (χ0) is 15.2. The minimum Gasteiger partial charge on any atom is -0.481 e. The van der Waals surface area contributed by atoms with E-state index in [1.165, 1.54) is 0 Å². The van der Waals surface area contributed by atoms with Crippen molar-refractivity contribution in [2.24, 2.45) is 0 Å². The molecule has 0 spiro atoms. The third kappa shape index (κ3) is 5.48. The summed E-state index contributed by atoms with van der Waals surface area (Å²) in [5, 5.41) is 8.54. The molecule has 0 saturated carbocycles. The summed E-state index contributed by atoms with van der Waals surface area (Å²) in [6.45, 7) is 2.52. The maximum absolute atomic E-state index is 12.2. The Balaban J connectivity index is 2.49. The van der Waals surface area contributed by atoms with Crippen LogP contribution in [-0.2, 0) is 19.4 Å². The topological polar surface area (TPSA) is 91.8 Å². The Morgan fingerprint density at radius 3 is 2.40 bits per heavy atom. The van der Waals surface area contributed by atoms with Crippen molar-refractivity contribution in [1.29, 1.82) is 0 Å². The number of carboxylic acid groups (broad SMARTS) is 1. The van der Waals surface area contributed by atoms with Gasteiger partial charge in [0.05, 0.1) is 11.5 Å². The summed E-state index contributed by atoms with van der Waals surface area (Å²) in [6, 6.07) is -0.202. The maximum Gasteiger partial charge on any atom is 0.303 e. The second-order valence-corrected chi connectivity index (χ2v) is 7.47. The lowest BCUT2D eigenvalue weighted by molar-refractivity contribution is -0.138. The number of carboxylic acids is 1. The molecule has 1 N–H and O–H groups in total. The summed E-state index contributed by atoms with van der Waals surface area (Å²) in [7, 11) is -3.00. The molecule has 1 atom stereocenters. The van der Waals surface area contributed by atoms with Gasteiger partial charge >= 0.3 is 5.97 Å². The second kappa shape index (κ2) is 7.61. The van der Waals surface area contributed by atoms with Crippen molar-refractivity contribution in [2.45, 2.75) is 51.5 Å². The van der Waals surface area contributed by atoms with Crippen LogP contribution < -0.4 is 0 Å². The number of sulfone groups is 1. The predicted molar refractivity (Wildman–Crippen MR) is 75.2 cm³/mol. The van der Waals surface area contributed by atoms with E-state index in [9.17, 15) is 18.0 Å². The summed E-state index contributed by atoms with van der Waals surface area (Å²) < 4.78 is 23.0. The molecule has 0 aromatic rings. The quantitative estimate of drug-likeness (QED) is 0.677. The zero-order valence-corrected chi connectivity index (χ0v) is 12.7. The molecule has 1 amide bonds. The molecule has 116 valence electrons. The number of carbonyl (C=O) groups excluding carboxylic acids is 1. The minimum atomic E-state index is -3.00. The molecule has 0 radical (unpaired) electrons. The van der Waals surface area contributed by atoms with Gasteiger partial charge in [-0.2, -0.15) is 0 Å². The van der Waals surface area contributed by atoms with Gasteiger partial charge in [0.25, 0.3) is 0 Å². The molecular formula is C13H23NO5S. The Kier molecular flexibility index (Phi) is 6.45. The van der Waals surface area contributed by atoms with Gasteiger partial charge in [0, 0.05) is 25.4 Å². The molecule has 6 nitrogen and oxygen atoms in total. The summed E-state index contributed by atoms with van der Waals surface area (Å²) in [4.78, 5) is 24.2. The van der Waals surface area contributed by atoms with Crippen molar-refractivity contribution in [2.75, 3.05) is 18.1 Å². The molecule has 0 aromatic heterocycles. The van der Waals surface area contributed by atoms with Crippen LogP contribution in [0.15, 0.2) is 0 Å². The fourth-order valence-corrected chi connectivity index (χ4v) is 4.20. The molecule has 1 aliphatic heterocycles. The summed E-state index contributed by atoms with van der Waals surface area (Å²) >= 11 is 0. The van der Waals surface area contributed by atoms with Crippen molar-refractivity contribution in [3.8, 4) is 0 Å². The molecule has 1 heterocycles. The van der Waals surface area contributed by atoms with Crippen molar-refractivity contribution in [3.05, 3.63) is 0 Å². The molecule has 20 heavy (non-hydrogen) atoms. The lowest BCUT2D eigenvalue weighted by Crippen LogP contribution is -2.41. The van der Waals surface area contributed by atoms with Crippen LogP contribution in [0, 0.1) is 0 Å². The van der Waals surface area contributed by atoms with Gasteiger partial charge in [0.1, 0.15) is 0 Å². The summed E-state index contributed by atoms with van der Waals surface area (Å²) in [5.41, 5.74) is 0. The van der Waals surface area contributed by atoms with Crippen molar-refractivity contribution < 1.29 is 23.1 Å². The molecule has 1 unspecified atom stereocenters. The number of nitrogens with zero attached hydrogens (tertiary/aromatic N) is 1. The number of hydrogen-bond donors (Lipinski definition) is 1. The third-order valence-corrected chi connectivity index (χ3v) is 5.22. The summed E-state index contributed by atoms with van der Waals surface area (Å²) in [5.74, 6) is -0.693. The standard InChI is InChI=1S/C13H23NO5S/c1-2-8-14(11-7-9-20(18,19)10-11)12(15)5-3-4-6-13(16)17/h11H,2-10H2,1H3,(H,16,17). The third-order valence-electron chi connectivity index (χ3n) is 3.47. The van der Waals surface area contributed by atoms with Gasteiger partial charge < -0.3 is 10.0 Å². The van der Waals surface area contributed by atoms with Gasteiger partial charge in [0.15, 0.2) is 9.84 Å². The molecule has 7 heteroatoms. The molecule has 1 saturated heterocycles. The first kappa shape index (κ1) is 16.9. The molecule has 0 bridgehead atoms. The fourth-order valence-electron chi connectivity index (χ4n) is 2.47. The molecule has 0 aliphatic carbocycles. The predicted octanol–water partition coefficient (Wildman–Crippen LogP) is 1.06. The van der Waals surface area contributed by atoms with E-state index in [2.05, 4.69) is 0 Å². The average Bonchev–Trinajstić information content (AvgIpc) is 2.71. The summed E-state index contributed by atoms with van der Waals surface area (Å²) in [6.07, 6.45) is 2.68. The highest BCUT2D eigenvalue weighted by atomic mass is 32.2. The van der Waals surface area contributed by atoms with Crippen LogP contribution in [0.3, 0.4) is 0 Å².